The van der Waals surface area contributed by atoms with Crippen molar-refractivity contribution in [2.75, 3.05) is 27.2 Å². The average Bonchev–Trinajstić information content (AvgIpc) is 3.54. The fraction of sp³-hybridized carbons (Fsp3) is 0.903. The number of esters is 1. The van der Waals surface area contributed by atoms with Crippen LogP contribution in [-0.2, 0) is 19.1 Å². The molecular formula is C31H50N2O4. The van der Waals surface area contributed by atoms with Gasteiger partial charge in [0, 0.05) is 19.0 Å². The first-order valence-electron chi connectivity index (χ1n) is 15.0. The highest BCUT2D eigenvalue weighted by Gasteiger charge is 2.62. The number of nitrogens with zero attached hydrogens (tertiary/aromatic N) is 1. The Kier molecular flexibility index (Phi) is 7.07. The maximum absolute atomic E-state index is 13.1. The lowest BCUT2D eigenvalue weighted by Crippen LogP contribution is -2.56. The quantitative estimate of drug-likeness (QED) is 0.492. The number of hydrogen-bond acceptors (Lipinski definition) is 5. The van der Waals surface area contributed by atoms with Crippen molar-refractivity contribution in [3.05, 3.63) is 0 Å². The van der Waals surface area contributed by atoms with E-state index in [2.05, 4.69) is 26.1 Å². The second-order valence-electron chi connectivity index (χ2n) is 14.6. The van der Waals surface area contributed by atoms with Crippen LogP contribution in [0.3, 0.4) is 0 Å². The molecule has 1 N–H and O–H groups in total. The summed E-state index contributed by atoms with van der Waals surface area (Å²) in [4.78, 5) is 40.0. The molecule has 2 unspecified atom stereocenters. The fourth-order valence-electron chi connectivity index (χ4n) is 9.77. The van der Waals surface area contributed by atoms with Crippen molar-refractivity contribution in [1.29, 1.82) is 0 Å². The van der Waals surface area contributed by atoms with Crippen LogP contribution in [-0.4, -0.2) is 55.3 Å². The van der Waals surface area contributed by atoms with E-state index >= 15 is 0 Å². The van der Waals surface area contributed by atoms with Crippen molar-refractivity contribution in [3.8, 4) is 0 Å². The topological polar surface area (TPSA) is 75.7 Å². The molecule has 0 saturated heterocycles. The van der Waals surface area contributed by atoms with Crippen molar-refractivity contribution < 1.29 is 19.1 Å². The highest BCUT2D eigenvalue weighted by Crippen LogP contribution is 2.68. The van der Waals surface area contributed by atoms with Gasteiger partial charge in [0.1, 0.15) is 11.4 Å². The number of nitrogens with one attached hydrogen (secondary N) is 1. The summed E-state index contributed by atoms with van der Waals surface area (Å²) in [7, 11) is 3.96. The van der Waals surface area contributed by atoms with Crippen molar-refractivity contribution in [1.82, 2.24) is 10.2 Å². The zero-order valence-electron chi connectivity index (χ0n) is 24.1. The monoisotopic (exact) mass is 514 g/mol. The number of likely N-dealkylation sites (N-methyl/N-ethyl adjacent to an activating group) is 1. The molecule has 0 aromatic carbocycles. The van der Waals surface area contributed by atoms with E-state index in [9.17, 15) is 14.4 Å². The van der Waals surface area contributed by atoms with Crippen LogP contribution in [0.4, 0.5) is 0 Å². The third kappa shape index (κ3) is 4.78. The molecule has 0 bridgehead atoms. The summed E-state index contributed by atoms with van der Waals surface area (Å²) in [6.45, 7) is 10.3. The lowest BCUT2D eigenvalue weighted by molar-refractivity contribution is -0.182. The number of hydrogen-bond donors (Lipinski definition) is 1. The number of carbonyl (C=O) groups excluding carboxylic acids is 3. The minimum atomic E-state index is -0.418. The van der Waals surface area contributed by atoms with E-state index in [-0.39, 0.29) is 35.0 Å². The first-order chi connectivity index (χ1) is 17.4. The van der Waals surface area contributed by atoms with Gasteiger partial charge in [0.2, 0.25) is 5.91 Å². The van der Waals surface area contributed by atoms with E-state index in [1.807, 2.05) is 25.9 Å². The first kappa shape index (κ1) is 27.1. The lowest BCUT2D eigenvalue weighted by Gasteiger charge is -2.62. The number of amides is 1. The third-order valence-corrected chi connectivity index (χ3v) is 12.1. The molecule has 5 fully saturated rings. The molecule has 1 amide bonds. The molecule has 37 heavy (non-hydrogen) atoms. The molecule has 5 aliphatic carbocycles. The molecule has 0 radical (unpaired) electrons. The Bertz CT molecular complexity index is 934. The maximum atomic E-state index is 13.1. The van der Waals surface area contributed by atoms with Gasteiger partial charge in [-0.3, -0.25) is 14.4 Å². The van der Waals surface area contributed by atoms with Gasteiger partial charge in [0.25, 0.3) is 0 Å². The van der Waals surface area contributed by atoms with Crippen molar-refractivity contribution in [2.24, 2.45) is 52.3 Å². The van der Waals surface area contributed by atoms with E-state index < -0.39 is 5.60 Å². The summed E-state index contributed by atoms with van der Waals surface area (Å²) in [5.41, 5.74) is 0.0896. The van der Waals surface area contributed by atoms with Crippen LogP contribution < -0.4 is 5.32 Å². The summed E-state index contributed by atoms with van der Waals surface area (Å²) in [5.74, 6) is 2.76. The standard InChI is InChI=1S/C31H50N2O4/c1-19(34)24-9-10-25-21-8-7-20-18-29(2,13-14-30(20,3)26(21)11-12-31(24,25)4)37-28(36)23-17-22(23)27(35)32-15-16-33(5)6/h20-26H,7-18H2,1-6H3,(H,32,35)/t20-,21-,22?,23?,24+,25-,26-,29+,30-,31+/m0/s1. The Labute approximate surface area is 224 Å². The van der Waals surface area contributed by atoms with E-state index in [0.717, 1.165) is 44.1 Å². The molecule has 0 aromatic heterocycles. The smallest absolute Gasteiger partial charge is 0.310 e. The molecule has 208 valence electrons. The maximum Gasteiger partial charge on any atom is 0.310 e. The second kappa shape index (κ2) is 9.64. The van der Waals surface area contributed by atoms with E-state index in [1.165, 1.54) is 32.1 Å². The number of fused-ring (bicyclic) bond motifs is 5. The number of carbonyl (C=O) groups is 3. The van der Waals surface area contributed by atoms with Crippen LogP contribution in [0.15, 0.2) is 0 Å². The summed E-state index contributed by atoms with van der Waals surface area (Å²) in [6.07, 6.45) is 10.8. The molecule has 10 atom stereocenters. The van der Waals surface area contributed by atoms with Crippen molar-refractivity contribution in [3.63, 3.8) is 0 Å². The van der Waals surface area contributed by atoms with Crippen LogP contribution in [0.2, 0.25) is 0 Å². The van der Waals surface area contributed by atoms with Gasteiger partial charge in [-0.1, -0.05) is 13.8 Å². The highest BCUT2D eigenvalue weighted by molar-refractivity contribution is 5.90. The fourth-order valence-corrected chi connectivity index (χ4v) is 9.77. The summed E-state index contributed by atoms with van der Waals surface area (Å²) in [5, 5.41) is 2.96. The third-order valence-electron chi connectivity index (χ3n) is 12.1. The predicted molar refractivity (Wildman–Crippen MR) is 144 cm³/mol. The van der Waals surface area contributed by atoms with Gasteiger partial charge < -0.3 is 15.0 Å². The van der Waals surface area contributed by atoms with Gasteiger partial charge in [-0.2, -0.15) is 0 Å². The normalized spacial score (nSPS) is 46.4. The zero-order chi connectivity index (χ0) is 26.8. The SMILES string of the molecule is CC(=O)[C@H]1CC[C@H]2[C@@H]3CC[C@H]4C[C@](C)(OC(=O)C5CC5C(=O)NCCN(C)C)CC[C@]4(C)[C@H]3CC[C@]12C. The van der Waals surface area contributed by atoms with Crippen molar-refractivity contribution in [2.45, 2.75) is 97.5 Å². The molecule has 5 aliphatic rings. The number of rotatable bonds is 7. The molecule has 0 spiro atoms. The van der Waals surface area contributed by atoms with Crippen LogP contribution in [0.5, 0.6) is 0 Å². The van der Waals surface area contributed by atoms with Gasteiger partial charge in [-0.15, -0.1) is 0 Å². The Hall–Kier alpha value is -1.43. The zero-order valence-corrected chi connectivity index (χ0v) is 24.1. The van der Waals surface area contributed by atoms with Crippen LogP contribution in [0.25, 0.3) is 0 Å². The molecule has 6 nitrogen and oxygen atoms in total. The van der Waals surface area contributed by atoms with Crippen molar-refractivity contribution >= 4 is 17.7 Å². The van der Waals surface area contributed by atoms with Crippen LogP contribution in [0, 0.1) is 52.3 Å². The lowest BCUT2D eigenvalue weighted by atomic mass is 9.44. The first-order valence-corrected chi connectivity index (χ1v) is 15.0. The molecular weight excluding hydrogens is 464 g/mol. The summed E-state index contributed by atoms with van der Waals surface area (Å²) < 4.78 is 6.22. The minimum absolute atomic E-state index is 0.00767. The molecule has 6 heteroatoms. The molecule has 5 saturated carbocycles. The van der Waals surface area contributed by atoms with Crippen LogP contribution >= 0.6 is 0 Å². The average molecular weight is 515 g/mol. The van der Waals surface area contributed by atoms with E-state index in [0.29, 0.717) is 36.0 Å². The molecule has 0 aliphatic heterocycles. The summed E-state index contributed by atoms with van der Waals surface area (Å²) >= 11 is 0. The number of Topliss-reactive ketones (excluding diaryl/α,β-unsaturated/α-hetero) is 1. The molecule has 5 rings (SSSR count). The Morgan fingerprint density at radius 1 is 0.892 bits per heavy atom. The van der Waals surface area contributed by atoms with Gasteiger partial charge in [-0.05, 0) is 127 Å². The van der Waals surface area contributed by atoms with Gasteiger partial charge in [-0.25, -0.2) is 0 Å². The Morgan fingerprint density at radius 2 is 1.62 bits per heavy atom. The second-order valence-corrected chi connectivity index (χ2v) is 14.6. The van der Waals surface area contributed by atoms with Crippen LogP contribution in [0.1, 0.15) is 91.9 Å². The predicted octanol–water partition coefficient (Wildman–Crippen LogP) is 4.85. The Balaban J connectivity index is 1.18. The van der Waals surface area contributed by atoms with Gasteiger partial charge >= 0.3 is 5.97 Å². The number of ether oxygens (including phenoxy) is 1. The largest absolute Gasteiger partial charge is 0.459 e. The minimum Gasteiger partial charge on any atom is -0.459 e. The summed E-state index contributed by atoms with van der Waals surface area (Å²) in [6, 6.07) is 0. The van der Waals surface area contributed by atoms with Gasteiger partial charge in [0.15, 0.2) is 0 Å². The van der Waals surface area contributed by atoms with E-state index in [1.54, 1.807) is 0 Å². The highest BCUT2D eigenvalue weighted by atomic mass is 16.6. The Morgan fingerprint density at radius 3 is 2.32 bits per heavy atom. The van der Waals surface area contributed by atoms with E-state index in [4.69, 9.17) is 4.74 Å². The van der Waals surface area contributed by atoms with Gasteiger partial charge in [0.05, 0.1) is 11.8 Å². The number of ketones is 1. The molecule has 0 aromatic rings. The molecule has 0 heterocycles.